The van der Waals surface area contributed by atoms with Crippen LogP contribution in [-0.4, -0.2) is 32.7 Å². The van der Waals surface area contributed by atoms with E-state index >= 15 is 0 Å². The Bertz CT molecular complexity index is 650. The average Bonchev–Trinajstić information content (AvgIpc) is 2.87. The van der Waals surface area contributed by atoms with Gasteiger partial charge in [0.1, 0.15) is 17.8 Å². The van der Waals surface area contributed by atoms with Crippen molar-refractivity contribution in [3.8, 4) is 11.4 Å². The predicted molar refractivity (Wildman–Crippen MR) is 63.7 cm³/mol. The monoisotopic (exact) mass is 263 g/mol. The molecule has 0 aliphatic heterocycles. The summed E-state index contributed by atoms with van der Waals surface area (Å²) in [6.45, 7) is 0. The van der Waals surface area contributed by atoms with Crippen LogP contribution in [0.15, 0.2) is 30.7 Å². The molecule has 1 heterocycles. The smallest absolute Gasteiger partial charge is 0.356 e. The number of methoxy groups -OCH3 is 1. The first-order valence-corrected chi connectivity index (χ1v) is 5.13. The Balaban J connectivity index is 2.54. The van der Waals surface area contributed by atoms with E-state index in [2.05, 4.69) is 4.98 Å². The van der Waals surface area contributed by atoms with Crippen molar-refractivity contribution in [3.63, 3.8) is 0 Å². The molecule has 98 valence electrons. The molecule has 0 aliphatic carbocycles. The predicted octanol–water partition coefficient (Wildman–Crippen LogP) is 1.49. The van der Waals surface area contributed by atoms with Crippen LogP contribution in [0.2, 0.25) is 0 Å². The molecule has 0 bridgehead atoms. The summed E-state index contributed by atoms with van der Waals surface area (Å²) in [7, 11) is 1.40. The Labute approximate surface area is 107 Å². The largest absolute Gasteiger partial charge is 0.496 e. The quantitative estimate of drug-likeness (QED) is 0.661. The van der Waals surface area contributed by atoms with Crippen LogP contribution in [0.25, 0.3) is 5.69 Å². The van der Waals surface area contributed by atoms with Crippen LogP contribution in [0.3, 0.4) is 0 Å². The van der Waals surface area contributed by atoms with Gasteiger partial charge in [-0.05, 0) is 12.1 Å². The lowest BCUT2D eigenvalue weighted by molar-refractivity contribution is -0.384. The molecule has 0 atom stereocenters. The summed E-state index contributed by atoms with van der Waals surface area (Å²) in [6.07, 6.45) is 2.41. The van der Waals surface area contributed by atoms with Crippen molar-refractivity contribution in [2.24, 2.45) is 0 Å². The van der Waals surface area contributed by atoms with E-state index in [4.69, 9.17) is 9.84 Å². The number of hydrogen-bond donors (Lipinski definition) is 1. The normalized spacial score (nSPS) is 10.2. The first-order valence-electron chi connectivity index (χ1n) is 5.13. The van der Waals surface area contributed by atoms with E-state index in [9.17, 15) is 14.9 Å². The zero-order valence-electron chi connectivity index (χ0n) is 9.81. The maximum Gasteiger partial charge on any atom is 0.356 e. The summed E-state index contributed by atoms with van der Waals surface area (Å²) in [5.41, 5.74) is -0.176. The number of nitro benzene ring substituents is 1. The second-order valence-corrected chi connectivity index (χ2v) is 3.58. The molecule has 2 aromatic rings. The summed E-state index contributed by atoms with van der Waals surface area (Å²) in [4.78, 5) is 24.8. The highest BCUT2D eigenvalue weighted by molar-refractivity contribution is 5.85. The minimum Gasteiger partial charge on any atom is -0.496 e. The van der Waals surface area contributed by atoms with Crippen molar-refractivity contribution in [1.29, 1.82) is 0 Å². The molecule has 0 saturated heterocycles. The van der Waals surface area contributed by atoms with Gasteiger partial charge in [0.25, 0.3) is 5.69 Å². The van der Waals surface area contributed by atoms with Gasteiger partial charge >= 0.3 is 5.97 Å². The molecule has 0 unspecified atom stereocenters. The molecule has 19 heavy (non-hydrogen) atoms. The van der Waals surface area contributed by atoms with Crippen LogP contribution in [0.5, 0.6) is 5.75 Å². The molecule has 1 aromatic heterocycles. The Morgan fingerprint density at radius 2 is 2.26 bits per heavy atom. The molecule has 1 N–H and O–H groups in total. The van der Waals surface area contributed by atoms with Crippen LogP contribution < -0.4 is 4.74 Å². The summed E-state index contributed by atoms with van der Waals surface area (Å²) in [5.74, 6) is -0.857. The van der Waals surface area contributed by atoms with Crippen molar-refractivity contribution in [3.05, 3.63) is 46.5 Å². The van der Waals surface area contributed by atoms with E-state index < -0.39 is 10.9 Å². The molecule has 0 saturated carbocycles. The van der Waals surface area contributed by atoms with Gasteiger partial charge in [0, 0.05) is 6.20 Å². The molecule has 0 spiro atoms. The van der Waals surface area contributed by atoms with Crippen LogP contribution in [0, 0.1) is 10.1 Å². The molecule has 2 rings (SSSR count). The second kappa shape index (κ2) is 4.77. The summed E-state index contributed by atoms with van der Waals surface area (Å²) < 4.78 is 6.19. The van der Waals surface area contributed by atoms with Gasteiger partial charge in [0.2, 0.25) is 0 Å². The lowest BCUT2D eigenvalue weighted by Crippen LogP contribution is -1.99. The molecule has 0 fully saturated rings. The minimum absolute atomic E-state index is 0.190. The number of aromatic carboxylic acids is 1. The van der Waals surface area contributed by atoms with Crippen LogP contribution >= 0.6 is 0 Å². The summed E-state index contributed by atoms with van der Waals surface area (Å²) in [6, 6.07) is 4.27. The highest BCUT2D eigenvalue weighted by Crippen LogP contribution is 2.27. The van der Waals surface area contributed by atoms with Gasteiger partial charge in [-0.25, -0.2) is 9.78 Å². The second-order valence-electron chi connectivity index (χ2n) is 3.58. The number of aromatic nitrogens is 2. The van der Waals surface area contributed by atoms with E-state index in [0.29, 0.717) is 5.75 Å². The highest BCUT2D eigenvalue weighted by Gasteiger charge is 2.18. The first kappa shape index (κ1) is 12.6. The van der Waals surface area contributed by atoms with E-state index in [0.717, 1.165) is 0 Å². The first-order chi connectivity index (χ1) is 9.02. The standard InChI is InChI=1S/C11H9N3O5/c1-19-7-2-3-9(10(4-7)14(17)18)13-5-8(11(15)16)12-6-13/h2-6H,1H3,(H,15,16). The fraction of sp³-hybridized carbons (Fsp3) is 0.0909. The molecule has 0 aliphatic rings. The zero-order chi connectivity index (χ0) is 14.0. The Morgan fingerprint density at radius 1 is 1.53 bits per heavy atom. The number of benzene rings is 1. The summed E-state index contributed by atoms with van der Waals surface area (Å²) >= 11 is 0. The van der Waals surface area contributed by atoms with Gasteiger partial charge in [0.15, 0.2) is 5.69 Å². The van der Waals surface area contributed by atoms with Crippen LogP contribution in [0.4, 0.5) is 5.69 Å². The van der Waals surface area contributed by atoms with Gasteiger partial charge < -0.3 is 9.84 Å². The molecule has 8 heteroatoms. The maximum atomic E-state index is 11.0. The van der Waals surface area contributed by atoms with Gasteiger partial charge in [-0.3, -0.25) is 14.7 Å². The van der Waals surface area contributed by atoms with Gasteiger partial charge in [-0.2, -0.15) is 0 Å². The lowest BCUT2D eigenvalue weighted by Gasteiger charge is -2.05. The number of nitrogens with zero attached hydrogens (tertiary/aromatic N) is 3. The highest BCUT2D eigenvalue weighted by atomic mass is 16.6. The maximum absolute atomic E-state index is 11.0. The van der Waals surface area contributed by atoms with Crippen LogP contribution in [-0.2, 0) is 0 Å². The number of ether oxygens (including phenoxy) is 1. The SMILES string of the molecule is COc1ccc(-n2cnc(C(=O)O)c2)c([N+](=O)[O-])c1. The Morgan fingerprint density at radius 3 is 2.79 bits per heavy atom. The molecule has 0 radical (unpaired) electrons. The molecular formula is C11H9N3O5. The molecule has 8 nitrogen and oxygen atoms in total. The Hall–Kier alpha value is -2.90. The number of rotatable bonds is 4. The van der Waals surface area contributed by atoms with Crippen molar-refractivity contribution in [2.45, 2.75) is 0 Å². The van der Waals surface area contributed by atoms with Crippen molar-refractivity contribution >= 4 is 11.7 Å². The molecule has 0 amide bonds. The number of carboxylic acid groups (broad SMARTS) is 1. The Kier molecular flexibility index (Phi) is 3.15. The number of imidazole rings is 1. The van der Waals surface area contributed by atoms with Crippen molar-refractivity contribution in [1.82, 2.24) is 9.55 Å². The third-order valence-corrected chi connectivity index (χ3v) is 2.46. The summed E-state index contributed by atoms with van der Waals surface area (Å²) in [5, 5.41) is 19.8. The topological polar surface area (TPSA) is 107 Å². The van der Waals surface area contributed by atoms with Crippen molar-refractivity contribution in [2.75, 3.05) is 7.11 Å². The van der Waals surface area contributed by atoms with Gasteiger partial charge in [-0.1, -0.05) is 0 Å². The number of hydrogen-bond acceptors (Lipinski definition) is 5. The van der Waals surface area contributed by atoms with E-state index in [1.165, 1.54) is 36.3 Å². The molecule has 1 aromatic carbocycles. The van der Waals surface area contributed by atoms with Crippen molar-refractivity contribution < 1.29 is 19.6 Å². The van der Waals surface area contributed by atoms with Crippen LogP contribution in [0.1, 0.15) is 10.5 Å². The number of carboxylic acids is 1. The number of carbonyl (C=O) groups is 1. The third-order valence-electron chi connectivity index (χ3n) is 2.46. The third kappa shape index (κ3) is 2.37. The number of nitro groups is 1. The van der Waals surface area contributed by atoms with E-state index in [1.54, 1.807) is 6.07 Å². The fourth-order valence-electron chi connectivity index (χ4n) is 1.56. The van der Waals surface area contributed by atoms with Gasteiger partial charge in [0.05, 0.1) is 18.1 Å². The zero-order valence-corrected chi connectivity index (χ0v) is 9.81. The lowest BCUT2D eigenvalue weighted by atomic mass is 10.2. The van der Waals surface area contributed by atoms with Gasteiger partial charge in [-0.15, -0.1) is 0 Å². The minimum atomic E-state index is -1.20. The average molecular weight is 263 g/mol. The van der Waals surface area contributed by atoms with E-state index in [-0.39, 0.29) is 17.1 Å². The molecular weight excluding hydrogens is 254 g/mol. The van der Waals surface area contributed by atoms with E-state index in [1.807, 2.05) is 0 Å². The fourth-order valence-corrected chi connectivity index (χ4v) is 1.56.